The minimum absolute atomic E-state index is 0.239. The van der Waals surface area contributed by atoms with Crippen LogP contribution in [-0.4, -0.2) is 12.1 Å². The molecular formula is C15H23NO2. The van der Waals surface area contributed by atoms with E-state index in [9.17, 15) is 4.79 Å². The molecule has 3 heteroatoms. The predicted molar refractivity (Wildman–Crippen MR) is 73.4 cm³/mol. The van der Waals surface area contributed by atoms with Gasteiger partial charge in [-0.15, -0.1) is 0 Å². The van der Waals surface area contributed by atoms with Crippen molar-refractivity contribution in [3.05, 3.63) is 35.9 Å². The standard InChI is InChI=1S/C15H23NO2/c1-3-8-14(9-4-2)16-15(17)18-12-13-10-6-5-7-11-13/h5-7,10-11,14H,3-4,8-9,12H2,1-2H3,(H,16,17). The van der Waals surface area contributed by atoms with Crippen molar-refractivity contribution in [3.8, 4) is 0 Å². The number of nitrogens with one attached hydrogen (secondary N) is 1. The lowest BCUT2D eigenvalue weighted by Gasteiger charge is -2.17. The van der Waals surface area contributed by atoms with Crippen LogP contribution in [0.1, 0.15) is 45.1 Å². The Hall–Kier alpha value is -1.51. The van der Waals surface area contributed by atoms with Gasteiger partial charge in [-0.1, -0.05) is 57.0 Å². The second kappa shape index (κ2) is 8.56. The average molecular weight is 249 g/mol. The number of benzene rings is 1. The molecule has 0 spiro atoms. The lowest BCUT2D eigenvalue weighted by molar-refractivity contribution is 0.134. The van der Waals surface area contributed by atoms with Crippen LogP contribution < -0.4 is 5.32 Å². The van der Waals surface area contributed by atoms with Gasteiger partial charge in [0.25, 0.3) is 0 Å². The zero-order valence-electron chi connectivity index (χ0n) is 11.3. The largest absolute Gasteiger partial charge is 0.445 e. The van der Waals surface area contributed by atoms with Crippen LogP contribution in [0.2, 0.25) is 0 Å². The van der Waals surface area contributed by atoms with Crippen molar-refractivity contribution in [3.63, 3.8) is 0 Å². The number of rotatable bonds is 7. The molecule has 0 aromatic heterocycles. The van der Waals surface area contributed by atoms with Gasteiger partial charge in [-0.05, 0) is 18.4 Å². The van der Waals surface area contributed by atoms with Crippen molar-refractivity contribution in [2.45, 2.75) is 52.2 Å². The summed E-state index contributed by atoms with van der Waals surface area (Å²) in [5, 5.41) is 2.93. The van der Waals surface area contributed by atoms with Gasteiger partial charge in [-0.3, -0.25) is 0 Å². The number of carbonyl (C=O) groups is 1. The second-order valence-electron chi connectivity index (χ2n) is 4.48. The van der Waals surface area contributed by atoms with Gasteiger partial charge < -0.3 is 10.1 Å². The summed E-state index contributed by atoms with van der Waals surface area (Å²) in [5.41, 5.74) is 1.01. The third-order valence-electron chi connectivity index (χ3n) is 2.81. The van der Waals surface area contributed by atoms with Gasteiger partial charge in [0.05, 0.1) is 0 Å². The Morgan fingerprint density at radius 2 is 1.78 bits per heavy atom. The fourth-order valence-electron chi connectivity index (χ4n) is 1.92. The van der Waals surface area contributed by atoms with Gasteiger partial charge in [0, 0.05) is 6.04 Å². The van der Waals surface area contributed by atoms with Gasteiger partial charge in [-0.2, -0.15) is 0 Å². The number of carbonyl (C=O) groups excluding carboxylic acids is 1. The van der Waals surface area contributed by atoms with E-state index < -0.39 is 0 Å². The van der Waals surface area contributed by atoms with Crippen molar-refractivity contribution in [2.24, 2.45) is 0 Å². The summed E-state index contributed by atoms with van der Waals surface area (Å²) in [4.78, 5) is 11.6. The van der Waals surface area contributed by atoms with Crippen LogP contribution in [-0.2, 0) is 11.3 Å². The fourth-order valence-corrected chi connectivity index (χ4v) is 1.92. The number of alkyl carbamates (subject to hydrolysis) is 1. The van der Waals surface area contributed by atoms with Gasteiger partial charge in [-0.25, -0.2) is 4.79 Å². The first-order valence-corrected chi connectivity index (χ1v) is 6.73. The van der Waals surface area contributed by atoms with Crippen molar-refractivity contribution < 1.29 is 9.53 Å². The number of ether oxygens (including phenoxy) is 1. The van der Waals surface area contributed by atoms with E-state index in [0.29, 0.717) is 6.61 Å². The molecule has 0 unspecified atom stereocenters. The minimum Gasteiger partial charge on any atom is -0.445 e. The van der Waals surface area contributed by atoms with E-state index in [1.165, 1.54) is 0 Å². The molecule has 0 heterocycles. The number of hydrogen-bond acceptors (Lipinski definition) is 2. The lowest BCUT2D eigenvalue weighted by Crippen LogP contribution is -2.35. The highest BCUT2D eigenvalue weighted by molar-refractivity contribution is 5.67. The molecule has 3 nitrogen and oxygen atoms in total. The Bertz CT molecular complexity index is 332. The predicted octanol–water partition coefficient (Wildman–Crippen LogP) is 3.88. The van der Waals surface area contributed by atoms with Crippen LogP contribution in [0.15, 0.2) is 30.3 Å². The molecule has 0 aliphatic carbocycles. The van der Waals surface area contributed by atoms with Gasteiger partial charge >= 0.3 is 6.09 Å². The quantitative estimate of drug-likeness (QED) is 0.796. The Morgan fingerprint density at radius 1 is 1.17 bits per heavy atom. The van der Waals surface area contributed by atoms with E-state index >= 15 is 0 Å². The molecule has 1 rings (SSSR count). The van der Waals surface area contributed by atoms with Crippen molar-refractivity contribution >= 4 is 6.09 Å². The number of hydrogen-bond donors (Lipinski definition) is 1. The van der Waals surface area contributed by atoms with E-state index in [0.717, 1.165) is 31.2 Å². The van der Waals surface area contributed by atoms with E-state index in [1.807, 2.05) is 30.3 Å². The van der Waals surface area contributed by atoms with Crippen LogP contribution in [0.25, 0.3) is 0 Å². The van der Waals surface area contributed by atoms with Crippen LogP contribution in [0.5, 0.6) is 0 Å². The Balaban J connectivity index is 2.31. The highest BCUT2D eigenvalue weighted by Crippen LogP contribution is 2.06. The maximum Gasteiger partial charge on any atom is 0.407 e. The Morgan fingerprint density at radius 3 is 2.33 bits per heavy atom. The summed E-state index contributed by atoms with van der Waals surface area (Å²) >= 11 is 0. The van der Waals surface area contributed by atoms with Crippen LogP contribution in [0, 0.1) is 0 Å². The summed E-state index contributed by atoms with van der Waals surface area (Å²) in [6.07, 6.45) is 3.85. The third kappa shape index (κ3) is 5.71. The van der Waals surface area contributed by atoms with E-state index in [2.05, 4.69) is 19.2 Å². The summed E-state index contributed by atoms with van der Waals surface area (Å²) in [5.74, 6) is 0. The maximum atomic E-state index is 11.6. The smallest absolute Gasteiger partial charge is 0.407 e. The molecule has 0 radical (unpaired) electrons. The summed E-state index contributed by atoms with van der Waals surface area (Å²) in [7, 11) is 0. The van der Waals surface area contributed by atoms with Gasteiger partial charge in [0.15, 0.2) is 0 Å². The second-order valence-corrected chi connectivity index (χ2v) is 4.48. The Kier molecular flexibility index (Phi) is 6.92. The molecule has 0 bridgehead atoms. The van der Waals surface area contributed by atoms with Crippen molar-refractivity contribution in [2.75, 3.05) is 0 Å². The van der Waals surface area contributed by atoms with E-state index in [1.54, 1.807) is 0 Å². The minimum atomic E-state index is -0.314. The maximum absolute atomic E-state index is 11.6. The summed E-state index contributed by atoms with van der Waals surface area (Å²) in [6, 6.07) is 9.96. The SMILES string of the molecule is CCCC(CCC)NC(=O)OCc1ccccc1. The van der Waals surface area contributed by atoms with Crippen LogP contribution in [0.3, 0.4) is 0 Å². The third-order valence-corrected chi connectivity index (χ3v) is 2.81. The Labute approximate surface area is 110 Å². The first-order valence-electron chi connectivity index (χ1n) is 6.73. The molecule has 0 aliphatic heterocycles. The first-order chi connectivity index (χ1) is 8.76. The molecular weight excluding hydrogens is 226 g/mol. The summed E-state index contributed by atoms with van der Waals surface area (Å²) in [6.45, 7) is 4.58. The van der Waals surface area contributed by atoms with Gasteiger partial charge in [0.2, 0.25) is 0 Å². The first kappa shape index (κ1) is 14.6. The molecule has 0 saturated carbocycles. The van der Waals surface area contributed by atoms with E-state index in [4.69, 9.17) is 4.74 Å². The molecule has 0 fully saturated rings. The fraction of sp³-hybridized carbons (Fsp3) is 0.533. The summed E-state index contributed by atoms with van der Waals surface area (Å²) < 4.78 is 5.20. The highest BCUT2D eigenvalue weighted by Gasteiger charge is 2.11. The molecule has 1 N–H and O–H groups in total. The van der Waals surface area contributed by atoms with Crippen LogP contribution in [0.4, 0.5) is 4.79 Å². The normalized spacial score (nSPS) is 10.4. The molecule has 1 amide bonds. The highest BCUT2D eigenvalue weighted by atomic mass is 16.5. The topological polar surface area (TPSA) is 38.3 Å². The molecule has 0 atom stereocenters. The zero-order chi connectivity index (χ0) is 13.2. The lowest BCUT2D eigenvalue weighted by atomic mass is 10.1. The molecule has 100 valence electrons. The molecule has 18 heavy (non-hydrogen) atoms. The molecule has 0 saturated heterocycles. The van der Waals surface area contributed by atoms with E-state index in [-0.39, 0.29) is 12.1 Å². The van der Waals surface area contributed by atoms with Gasteiger partial charge in [0.1, 0.15) is 6.61 Å². The average Bonchev–Trinajstić information content (AvgIpc) is 2.38. The monoisotopic (exact) mass is 249 g/mol. The van der Waals surface area contributed by atoms with Crippen molar-refractivity contribution in [1.82, 2.24) is 5.32 Å². The molecule has 1 aromatic carbocycles. The van der Waals surface area contributed by atoms with Crippen LogP contribution >= 0.6 is 0 Å². The number of amides is 1. The van der Waals surface area contributed by atoms with Crippen molar-refractivity contribution in [1.29, 1.82) is 0 Å². The molecule has 1 aromatic rings. The molecule has 0 aliphatic rings. The zero-order valence-corrected chi connectivity index (χ0v) is 11.3.